The number of ether oxygens (including phenoxy) is 2. The third kappa shape index (κ3) is 4.33. The van der Waals surface area contributed by atoms with Crippen LogP contribution >= 0.6 is 0 Å². The number of benzene rings is 1. The fourth-order valence-corrected chi connectivity index (χ4v) is 2.01. The first-order chi connectivity index (χ1) is 9.65. The Hall–Kier alpha value is -1.91. The summed E-state index contributed by atoms with van der Waals surface area (Å²) in [5.41, 5.74) is 0.704. The molecule has 1 heterocycles. The minimum atomic E-state index is -0.189. The van der Waals surface area contributed by atoms with E-state index < -0.39 is 0 Å². The number of hydrogen-bond acceptors (Lipinski definition) is 3. The maximum Gasteiger partial charge on any atom is 0.319 e. The summed E-state index contributed by atoms with van der Waals surface area (Å²) >= 11 is 0. The average molecular weight is 278 g/mol. The Labute approximate surface area is 119 Å². The molecule has 0 bridgehead atoms. The van der Waals surface area contributed by atoms with Crippen molar-refractivity contribution in [1.82, 2.24) is 5.32 Å². The number of carbonyl (C=O) groups excluding carboxylic acids is 1. The lowest BCUT2D eigenvalue weighted by molar-refractivity contribution is 0.171. The van der Waals surface area contributed by atoms with Gasteiger partial charge in [-0.05, 0) is 30.9 Å². The minimum absolute atomic E-state index is 0.189. The van der Waals surface area contributed by atoms with Crippen LogP contribution in [0.15, 0.2) is 18.2 Å². The van der Waals surface area contributed by atoms with Crippen LogP contribution in [0.1, 0.15) is 26.7 Å². The topological polar surface area (TPSA) is 59.6 Å². The Bertz CT molecular complexity index is 460. The van der Waals surface area contributed by atoms with Gasteiger partial charge in [0.05, 0.1) is 0 Å². The summed E-state index contributed by atoms with van der Waals surface area (Å²) in [6, 6.07) is 5.21. The maximum absolute atomic E-state index is 11.7. The second-order valence-corrected chi connectivity index (χ2v) is 5.28. The molecule has 0 atom stereocenters. The van der Waals surface area contributed by atoms with E-state index in [-0.39, 0.29) is 6.03 Å². The van der Waals surface area contributed by atoms with Crippen LogP contribution in [0.25, 0.3) is 0 Å². The van der Waals surface area contributed by atoms with E-state index in [0.29, 0.717) is 37.1 Å². The molecule has 5 nitrogen and oxygen atoms in total. The van der Waals surface area contributed by atoms with Gasteiger partial charge < -0.3 is 20.1 Å². The second kappa shape index (κ2) is 7.03. The van der Waals surface area contributed by atoms with Gasteiger partial charge in [-0.25, -0.2) is 4.79 Å². The molecule has 1 aliphatic rings. The van der Waals surface area contributed by atoms with Crippen molar-refractivity contribution >= 4 is 11.7 Å². The molecule has 0 unspecified atom stereocenters. The molecule has 20 heavy (non-hydrogen) atoms. The summed E-state index contributed by atoms with van der Waals surface area (Å²) in [7, 11) is 0. The van der Waals surface area contributed by atoms with Gasteiger partial charge in [-0.3, -0.25) is 0 Å². The fraction of sp³-hybridized carbons (Fsp3) is 0.533. The highest BCUT2D eigenvalue weighted by Gasteiger charge is 2.12. The summed E-state index contributed by atoms with van der Waals surface area (Å²) in [4.78, 5) is 11.7. The van der Waals surface area contributed by atoms with Gasteiger partial charge in [0, 0.05) is 18.3 Å². The summed E-state index contributed by atoms with van der Waals surface area (Å²) in [5, 5.41) is 5.64. The Morgan fingerprint density at radius 1 is 1.25 bits per heavy atom. The lowest BCUT2D eigenvalue weighted by atomic mass is 10.1. The molecule has 0 aliphatic carbocycles. The van der Waals surface area contributed by atoms with Gasteiger partial charge in [-0.15, -0.1) is 0 Å². The van der Waals surface area contributed by atoms with Crippen LogP contribution < -0.4 is 20.1 Å². The predicted molar refractivity (Wildman–Crippen MR) is 78.5 cm³/mol. The molecular weight excluding hydrogens is 256 g/mol. The number of anilines is 1. The van der Waals surface area contributed by atoms with E-state index in [1.165, 1.54) is 0 Å². The highest BCUT2D eigenvalue weighted by Crippen LogP contribution is 2.32. The van der Waals surface area contributed by atoms with E-state index in [9.17, 15) is 4.79 Å². The van der Waals surface area contributed by atoms with Gasteiger partial charge in [0.1, 0.15) is 13.2 Å². The Morgan fingerprint density at radius 3 is 2.75 bits per heavy atom. The van der Waals surface area contributed by atoms with Crippen LogP contribution in [0.5, 0.6) is 11.5 Å². The zero-order chi connectivity index (χ0) is 14.4. The summed E-state index contributed by atoms with van der Waals surface area (Å²) in [6.45, 7) is 6.15. The number of rotatable bonds is 5. The number of carbonyl (C=O) groups is 1. The molecule has 0 saturated heterocycles. The molecule has 0 radical (unpaired) electrons. The van der Waals surface area contributed by atoms with Crippen molar-refractivity contribution in [3.8, 4) is 11.5 Å². The Kier molecular flexibility index (Phi) is 5.09. The maximum atomic E-state index is 11.7. The van der Waals surface area contributed by atoms with E-state index in [2.05, 4.69) is 24.5 Å². The van der Waals surface area contributed by atoms with Gasteiger partial charge in [0.2, 0.25) is 0 Å². The van der Waals surface area contributed by atoms with Crippen LogP contribution in [0.4, 0.5) is 10.5 Å². The molecule has 0 spiro atoms. The third-order valence-electron chi connectivity index (χ3n) is 3.04. The first-order valence-electron chi connectivity index (χ1n) is 7.09. The van der Waals surface area contributed by atoms with E-state index in [1.54, 1.807) is 12.1 Å². The first-order valence-corrected chi connectivity index (χ1v) is 7.09. The lowest BCUT2D eigenvalue weighted by Gasteiger charge is -2.19. The molecule has 5 heteroatoms. The molecule has 2 rings (SSSR count). The molecule has 2 amide bonds. The molecule has 1 aliphatic heterocycles. The monoisotopic (exact) mass is 278 g/mol. The van der Waals surface area contributed by atoms with E-state index in [1.807, 2.05) is 6.07 Å². The van der Waals surface area contributed by atoms with Gasteiger partial charge >= 0.3 is 6.03 Å². The van der Waals surface area contributed by atoms with E-state index in [4.69, 9.17) is 9.47 Å². The molecule has 0 aromatic heterocycles. The van der Waals surface area contributed by atoms with Crippen LogP contribution in [-0.4, -0.2) is 25.8 Å². The lowest BCUT2D eigenvalue weighted by Crippen LogP contribution is -2.29. The molecule has 1 aromatic rings. The standard InChI is InChI=1S/C15H22N2O3/c1-11(2)4-3-7-16-15(18)17-12-5-6-13-14(10-12)20-9-8-19-13/h5-6,10-11H,3-4,7-9H2,1-2H3,(H2,16,17,18). The predicted octanol–water partition coefficient (Wildman–Crippen LogP) is 3.02. The SMILES string of the molecule is CC(C)CCCNC(=O)Nc1ccc2c(c1)OCCO2. The van der Waals surface area contributed by atoms with Gasteiger partial charge in [0.25, 0.3) is 0 Å². The molecule has 0 fully saturated rings. The van der Waals surface area contributed by atoms with Gasteiger partial charge in [0.15, 0.2) is 11.5 Å². The highest BCUT2D eigenvalue weighted by atomic mass is 16.6. The summed E-state index contributed by atoms with van der Waals surface area (Å²) in [6.07, 6.45) is 2.11. The summed E-state index contributed by atoms with van der Waals surface area (Å²) < 4.78 is 10.9. The number of nitrogens with one attached hydrogen (secondary N) is 2. The number of hydrogen-bond donors (Lipinski definition) is 2. The number of amides is 2. The van der Waals surface area contributed by atoms with Crippen LogP contribution in [-0.2, 0) is 0 Å². The van der Waals surface area contributed by atoms with Crippen LogP contribution in [0, 0.1) is 5.92 Å². The number of urea groups is 1. The van der Waals surface area contributed by atoms with Crippen molar-refractivity contribution in [2.75, 3.05) is 25.1 Å². The van der Waals surface area contributed by atoms with Crippen LogP contribution in [0.3, 0.4) is 0 Å². The van der Waals surface area contributed by atoms with Crippen molar-refractivity contribution in [2.24, 2.45) is 5.92 Å². The molecule has 2 N–H and O–H groups in total. The Morgan fingerprint density at radius 2 is 2.00 bits per heavy atom. The largest absolute Gasteiger partial charge is 0.486 e. The second-order valence-electron chi connectivity index (χ2n) is 5.28. The zero-order valence-electron chi connectivity index (χ0n) is 12.1. The fourth-order valence-electron chi connectivity index (χ4n) is 2.01. The van der Waals surface area contributed by atoms with E-state index in [0.717, 1.165) is 18.6 Å². The van der Waals surface area contributed by atoms with Gasteiger partial charge in [-0.2, -0.15) is 0 Å². The molecular formula is C15H22N2O3. The van der Waals surface area contributed by atoms with Crippen molar-refractivity contribution < 1.29 is 14.3 Å². The zero-order valence-corrected chi connectivity index (χ0v) is 12.1. The van der Waals surface area contributed by atoms with Crippen molar-refractivity contribution in [1.29, 1.82) is 0 Å². The first kappa shape index (κ1) is 14.5. The highest BCUT2D eigenvalue weighted by molar-refractivity contribution is 5.89. The average Bonchev–Trinajstić information content (AvgIpc) is 2.43. The van der Waals surface area contributed by atoms with Crippen LogP contribution in [0.2, 0.25) is 0 Å². The van der Waals surface area contributed by atoms with E-state index >= 15 is 0 Å². The number of fused-ring (bicyclic) bond motifs is 1. The molecule has 110 valence electrons. The molecule has 0 saturated carbocycles. The molecule has 1 aromatic carbocycles. The Balaban J connectivity index is 1.79. The minimum Gasteiger partial charge on any atom is -0.486 e. The van der Waals surface area contributed by atoms with Crippen molar-refractivity contribution in [2.45, 2.75) is 26.7 Å². The van der Waals surface area contributed by atoms with Crippen molar-refractivity contribution in [3.63, 3.8) is 0 Å². The quantitative estimate of drug-likeness (QED) is 0.814. The smallest absolute Gasteiger partial charge is 0.319 e. The van der Waals surface area contributed by atoms with Crippen molar-refractivity contribution in [3.05, 3.63) is 18.2 Å². The third-order valence-corrected chi connectivity index (χ3v) is 3.04. The van der Waals surface area contributed by atoms with Gasteiger partial charge in [-0.1, -0.05) is 13.8 Å². The summed E-state index contributed by atoms with van der Waals surface area (Å²) in [5.74, 6) is 2.06. The normalized spacial score (nSPS) is 13.2.